The SMILES string of the molecule is O=C(OC[C@H]1O[C@@H](O[C@@]2(CO)O[C@@H](CO)[C@@H](O)[C@H]2O)[C@@H](O)[C@@H](O)[C@@H]1O)c1ccc(N([O-])O)cc1. The van der Waals surface area contributed by atoms with E-state index in [0.29, 0.717) is 0 Å². The lowest BCUT2D eigenvalue weighted by Gasteiger charge is -2.43. The molecule has 9 atom stereocenters. The van der Waals surface area contributed by atoms with Crippen molar-refractivity contribution in [3.8, 4) is 0 Å². The summed E-state index contributed by atoms with van der Waals surface area (Å²) in [5, 5.41) is 89.0. The van der Waals surface area contributed by atoms with Crippen molar-refractivity contribution in [2.45, 2.75) is 54.8 Å². The van der Waals surface area contributed by atoms with Crippen LogP contribution in [0.1, 0.15) is 10.4 Å². The first-order chi connectivity index (χ1) is 16.0. The first-order valence-corrected chi connectivity index (χ1v) is 10.1. The Balaban J connectivity index is 1.68. The van der Waals surface area contributed by atoms with Crippen molar-refractivity contribution in [2.75, 3.05) is 25.0 Å². The average Bonchev–Trinajstić information content (AvgIpc) is 3.08. The molecule has 15 heteroatoms. The minimum Gasteiger partial charge on any atom is -0.733 e. The lowest BCUT2D eigenvalue weighted by atomic mass is 9.99. The van der Waals surface area contributed by atoms with Crippen LogP contribution in [-0.4, -0.2) is 122 Å². The summed E-state index contributed by atoms with van der Waals surface area (Å²) in [6, 6.07) is 4.67. The largest absolute Gasteiger partial charge is 0.733 e. The van der Waals surface area contributed by atoms with E-state index in [1.165, 1.54) is 12.1 Å². The minimum atomic E-state index is -2.34. The molecule has 192 valence electrons. The van der Waals surface area contributed by atoms with E-state index < -0.39 is 85.8 Å². The Morgan fingerprint density at radius 3 is 2.18 bits per heavy atom. The smallest absolute Gasteiger partial charge is 0.338 e. The molecule has 8 N–H and O–H groups in total. The predicted octanol–water partition coefficient (Wildman–Crippen LogP) is -3.84. The number of rotatable bonds is 8. The highest BCUT2D eigenvalue weighted by molar-refractivity contribution is 5.89. The number of hydrogen-bond donors (Lipinski definition) is 8. The third-order valence-electron chi connectivity index (χ3n) is 5.59. The highest BCUT2D eigenvalue weighted by atomic mass is 16.8. The molecular weight excluding hydrogens is 466 g/mol. The quantitative estimate of drug-likeness (QED) is 0.128. The first-order valence-electron chi connectivity index (χ1n) is 10.1. The van der Waals surface area contributed by atoms with Gasteiger partial charge in [-0.1, -0.05) is 0 Å². The summed E-state index contributed by atoms with van der Waals surface area (Å²) < 4.78 is 21.0. The summed E-state index contributed by atoms with van der Waals surface area (Å²) >= 11 is 0. The molecule has 2 aliphatic rings. The van der Waals surface area contributed by atoms with Crippen molar-refractivity contribution >= 4 is 11.7 Å². The Bertz CT molecular complexity index is 824. The molecule has 2 aliphatic heterocycles. The van der Waals surface area contributed by atoms with Crippen LogP contribution in [0, 0.1) is 5.21 Å². The van der Waals surface area contributed by atoms with Gasteiger partial charge in [-0.25, -0.2) is 4.79 Å². The summed E-state index contributed by atoms with van der Waals surface area (Å²) in [6.07, 6.45) is -13.7. The average molecular weight is 492 g/mol. The molecule has 0 unspecified atom stereocenters. The van der Waals surface area contributed by atoms with Crippen molar-refractivity contribution in [2.24, 2.45) is 0 Å². The van der Waals surface area contributed by atoms with E-state index in [4.69, 9.17) is 24.2 Å². The summed E-state index contributed by atoms with van der Waals surface area (Å²) in [5.41, 5.74) is -0.155. The lowest BCUT2D eigenvalue weighted by Crippen LogP contribution is -2.62. The second-order valence-electron chi connectivity index (χ2n) is 7.80. The van der Waals surface area contributed by atoms with E-state index >= 15 is 0 Å². The number of carbonyl (C=O) groups excluding carboxylic acids is 1. The fourth-order valence-corrected chi connectivity index (χ4v) is 3.58. The summed E-state index contributed by atoms with van der Waals surface area (Å²) in [7, 11) is 0. The fraction of sp³-hybridized carbons (Fsp3) is 0.632. The molecule has 0 aromatic heterocycles. The van der Waals surface area contributed by atoms with Crippen molar-refractivity contribution in [3.05, 3.63) is 35.0 Å². The van der Waals surface area contributed by atoms with E-state index in [2.05, 4.69) is 0 Å². The minimum absolute atomic E-state index is 0.0185. The zero-order chi connectivity index (χ0) is 25.2. The molecule has 2 saturated heterocycles. The maximum absolute atomic E-state index is 12.2. The number of aliphatic hydroxyl groups excluding tert-OH is 7. The molecule has 2 fully saturated rings. The molecule has 15 nitrogen and oxygen atoms in total. The van der Waals surface area contributed by atoms with Gasteiger partial charge < -0.3 is 65.1 Å². The van der Waals surface area contributed by atoms with Crippen LogP contribution < -0.4 is 5.23 Å². The number of anilines is 1. The number of nitrogens with zero attached hydrogens (tertiary/aromatic N) is 1. The van der Waals surface area contributed by atoms with Gasteiger partial charge in [0.1, 0.15) is 55.9 Å². The van der Waals surface area contributed by atoms with E-state index in [1.54, 1.807) is 0 Å². The van der Waals surface area contributed by atoms with Gasteiger partial charge in [0, 0.05) is 0 Å². The Hall–Kier alpha value is -1.99. The van der Waals surface area contributed by atoms with Crippen molar-refractivity contribution in [1.29, 1.82) is 0 Å². The topological polar surface area (TPSA) is 242 Å². The number of benzene rings is 1. The molecule has 1 aromatic rings. The van der Waals surface area contributed by atoms with Gasteiger partial charge >= 0.3 is 5.97 Å². The monoisotopic (exact) mass is 492 g/mol. The molecular formula is C19H26NO14-. The zero-order valence-electron chi connectivity index (χ0n) is 17.5. The standard InChI is InChI=1S/C19H26NO14/c21-5-10-13(24)16(27)19(7-22,33-10)34-18-15(26)14(25)12(23)11(32-18)6-31-17(28)8-1-3-9(4-2-8)20(29)30/h1-4,10-16,18,21-27,29H,5-7H2/q-1/t10-,11+,12+,13+,14-,15-,16+,18-,19+/m0/s1. The van der Waals surface area contributed by atoms with Gasteiger partial charge in [-0.2, -0.15) is 0 Å². The normalized spacial score (nSPS) is 38.0. The predicted molar refractivity (Wildman–Crippen MR) is 106 cm³/mol. The fourth-order valence-electron chi connectivity index (χ4n) is 3.58. The highest BCUT2D eigenvalue weighted by Crippen LogP contribution is 2.36. The van der Waals surface area contributed by atoms with Crippen LogP contribution in [0.3, 0.4) is 0 Å². The van der Waals surface area contributed by atoms with Crippen LogP contribution in [0.15, 0.2) is 24.3 Å². The van der Waals surface area contributed by atoms with Crippen LogP contribution in [-0.2, 0) is 18.9 Å². The van der Waals surface area contributed by atoms with E-state index in [0.717, 1.165) is 12.1 Å². The van der Waals surface area contributed by atoms with Crippen molar-refractivity contribution in [1.82, 2.24) is 0 Å². The highest BCUT2D eigenvalue weighted by Gasteiger charge is 2.58. The van der Waals surface area contributed by atoms with Crippen LogP contribution in [0.4, 0.5) is 5.69 Å². The Morgan fingerprint density at radius 2 is 1.65 bits per heavy atom. The maximum Gasteiger partial charge on any atom is 0.338 e. The summed E-state index contributed by atoms with van der Waals surface area (Å²) in [4.78, 5) is 12.2. The van der Waals surface area contributed by atoms with Crippen LogP contribution in [0.5, 0.6) is 0 Å². The number of ether oxygens (including phenoxy) is 4. The molecule has 0 saturated carbocycles. The number of carbonyl (C=O) groups is 1. The van der Waals surface area contributed by atoms with Gasteiger partial charge in [-0.05, 0) is 24.3 Å². The molecule has 0 aliphatic carbocycles. The third-order valence-corrected chi connectivity index (χ3v) is 5.59. The molecule has 0 bridgehead atoms. The summed E-state index contributed by atoms with van der Waals surface area (Å²) in [6.45, 7) is -2.42. The molecule has 34 heavy (non-hydrogen) atoms. The number of esters is 1. The van der Waals surface area contributed by atoms with Crippen LogP contribution in [0.25, 0.3) is 0 Å². The van der Waals surface area contributed by atoms with Crippen LogP contribution in [0.2, 0.25) is 0 Å². The zero-order valence-corrected chi connectivity index (χ0v) is 17.5. The van der Waals surface area contributed by atoms with Gasteiger partial charge in [-0.3, -0.25) is 5.21 Å². The van der Waals surface area contributed by atoms with Gasteiger partial charge in [0.25, 0.3) is 0 Å². The Kier molecular flexibility index (Phi) is 8.40. The molecule has 3 rings (SSSR count). The van der Waals surface area contributed by atoms with Crippen molar-refractivity contribution < 1.29 is 64.7 Å². The maximum atomic E-state index is 12.2. The van der Waals surface area contributed by atoms with E-state index in [-0.39, 0.29) is 11.3 Å². The van der Waals surface area contributed by atoms with Gasteiger partial charge in [-0.15, -0.1) is 0 Å². The first kappa shape index (κ1) is 26.6. The number of aliphatic hydroxyl groups is 7. The molecule has 1 aromatic carbocycles. The Labute approximate surface area is 192 Å². The van der Waals surface area contributed by atoms with Crippen LogP contribution >= 0.6 is 0 Å². The third kappa shape index (κ3) is 5.15. The molecule has 0 amide bonds. The Morgan fingerprint density at radius 1 is 1.00 bits per heavy atom. The lowest BCUT2D eigenvalue weighted by molar-refractivity contribution is -0.383. The van der Waals surface area contributed by atoms with Gasteiger partial charge in [0.2, 0.25) is 5.79 Å². The van der Waals surface area contributed by atoms with Gasteiger partial charge in [0.05, 0.1) is 17.9 Å². The number of hydrogen-bond acceptors (Lipinski definition) is 15. The van der Waals surface area contributed by atoms with Gasteiger partial charge in [0.15, 0.2) is 6.29 Å². The molecule has 0 spiro atoms. The summed E-state index contributed by atoms with van der Waals surface area (Å²) in [5.74, 6) is -3.25. The molecule has 0 radical (unpaired) electrons. The molecule has 2 heterocycles. The van der Waals surface area contributed by atoms with E-state index in [9.17, 15) is 45.7 Å². The second-order valence-corrected chi connectivity index (χ2v) is 7.80. The van der Waals surface area contributed by atoms with E-state index in [1.807, 2.05) is 0 Å². The van der Waals surface area contributed by atoms with Crippen molar-refractivity contribution in [3.63, 3.8) is 0 Å². The second kappa shape index (κ2) is 10.7.